The molecule has 0 saturated heterocycles. The predicted molar refractivity (Wildman–Crippen MR) is 104 cm³/mol. The maximum absolute atomic E-state index is 12.4. The highest BCUT2D eigenvalue weighted by Crippen LogP contribution is 2.38. The number of ether oxygens (including phenoxy) is 2. The third-order valence-corrected chi connectivity index (χ3v) is 5.53. The van der Waals surface area contributed by atoms with E-state index in [2.05, 4.69) is 5.32 Å². The van der Waals surface area contributed by atoms with E-state index < -0.39 is 23.4 Å². The molecule has 0 fully saturated rings. The highest BCUT2D eigenvalue weighted by Gasteiger charge is 2.27. The lowest BCUT2D eigenvalue weighted by atomic mass is 9.95. The monoisotopic (exact) mass is 404 g/mol. The zero-order chi connectivity index (χ0) is 20.1. The third-order valence-electron chi connectivity index (χ3n) is 4.32. The Kier molecular flexibility index (Phi) is 6.25. The molecule has 9 heteroatoms. The lowest BCUT2D eigenvalue weighted by Gasteiger charge is -2.12. The van der Waals surface area contributed by atoms with Gasteiger partial charge in [0.05, 0.1) is 17.1 Å². The molecule has 0 bridgehead atoms. The summed E-state index contributed by atoms with van der Waals surface area (Å²) < 4.78 is 10.5. The van der Waals surface area contributed by atoms with Crippen LogP contribution in [0.4, 0.5) is 10.7 Å². The molecule has 0 unspecified atom stereocenters. The topological polar surface area (TPSA) is 108 Å². The van der Waals surface area contributed by atoms with Gasteiger partial charge < -0.3 is 14.8 Å². The SMILES string of the molecule is CCOC(=O)c1c(NC(=O)COc2ccccc2[N+](=O)[O-])sc2c1CCCC2. The van der Waals surface area contributed by atoms with Crippen LogP contribution in [0.1, 0.15) is 40.6 Å². The Bertz CT molecular complexity index is 908. The van der Waals surface area contributed by atoms with Crippen LogP contribution in [-0.2, 0) is 22.4 Å². The third kappa shape index (κ3) is 4.30. The van der Waals surface area contributed by atoms with Gasteiger partial charge in [0.1, 0.15) is 5.00 Å². The average Bonchev–Trinajstić information content (AvgIpc) is 3.04. The van der Waals surface area contributed by atoms with Gasteiger partial charge in [0.25, 0.3) is 5.91 Å². The number of nitrogens with zero attached hydrogens (tertiary/aromatic N) is 1. The number of rotatable bonds is 7. The molecule has 1 amide bonds. The van der Waals surface area contributed by atoms with Gasteiger partial charge in [0.15, 0.2) is 12.4 Å². The van der Waals surface area contributed by atoms with Gasteiger partial charge in [0.2, 0.25) is 0 Å². The van der Waals surface area contributed by atoms with Crippen molar-refractivity contribution in [3.05, 3.63) is 50.4 Å². The van der Waals surface area contributed by atoms with Gasteiger partial charge in [0, 0.05) is 10.9 Å². The number of esters is 1. The molecule has 28 heavy (non-hydrogen) atoms. The first kappa shape index (κ1) is 19.8. The van der Waals surface area contributed by atoms with Gasteiger partial charge in [-0.25, -0.2) is 4.79 Å². The summed E-state index contributed by atoms with van der Waals surface area (Å²) in [7, 11) is 0. The fourth-order valence-corrected chi connectivity index (χ4v) is 4.40. The number of nitro groups is 1. The van der Waals surface area contributed by atoms with Crippen LogP contribution in [0.15, 0.2) is 24.3 Å². The number of amides is 1. The molecule has 0 saturated carbocycles. The Labute approximate surface area is 165 Å². The van der Waals surface area contributed by atoms with E-state index >= 15 is 0 Å². The van der Waals surface area contributed by atoms with Crippen LogP contribution in [0.2, 0.25) is 0 Å². The molecule has 1 heterocycles. The van der Waals surface area contributed by atoms with Crippen LogP contribution in [0, 0.1) is 10.1 Å². The molecule has 0 radical (unpaired) electrons. The van der Waals surface area contributed by atoms with Gasteiger partial charge in [-0.1, -0.05) is 12.1 Å². The van der Waals surface area contributed by atoms with E-state index in [1.54, 1.807) is 13.0 Å². The maximum Gasteiger partial charge on any atom is 0.341 e. The molecule has 1 aromatic heterocycles. The smallest absolute Gasteiger partial charge is 0.341 e. The van der Waals surface area contributed by atoms with Gasteiger partial charge in [-0.15, -0.1) is 11.3 Å². The van der Waals surface area contributed by atoms with Crippen LogP contribution < -0.4 is 10.1 Å². The molecule has 1 aliphatic carbocycles. The number of hydrogen-bond donors (Lipinski definition) is 1. The average molecular weight is 404 g/mol. The summed E-state index contributed by atoms with van der Waals surface area (Å²) >= 11 is 1.38. The van der Waals surface area contributed by atoms with Crippen molar-refractivity contribution in [2.45, 2.75) is 32.6 Å². The first-order valence-corrected chi connectivity index (χ1v) is 9.80. The standard InChI is InChI=1S/C19H20N2O6S/c1-2-26-19(23)17-12-7-3-6-10-15(12)28-18(17)20-16(22)11-27-14-9-5-4-8-13(14)21(24)25/h4-5,8-9H,2-3,6-7,10-11H2,1H3,(H,20,22). The maximum atomic E-state index is 12.4. The van der Waals surface area contributed by atoms with Crippen molar-refractivity contribution in [3.63, 3.8) is 0 Å². The van der Waals surface area contributed by atoms with E-state index in [1.807, 2.05) is 0 Å². The van der Waals surface area contributed by atoms with E-state index in [-0.39, 0.29) is 18.0 Å². The first-order chi connectivity index (χ1) is 13.5. The number of nitro benzene ring substituents is 1. The number of nitrogens with one attached hydrogen (secondary N) is 1. The summed E-state index contributed by atoms with van der Waals surface area (Å²) in [5.41, 5.74) is 1.15. The largest absolute Gasteiger partial charge is 0.477 e. The molecule has 1 N–H and O–H groups in total. The second-order valence-electron chi connectivity index (χ2n) is 6.20. The Balaban J connectivity index is 1.75. The molecule has 1 aromatic carbocycles. The number of thiophene rings is 1. The Morgan fingerprint density at radius 3 is 2.75 bits per heavy atom. The molecule has 148 valence electrons. The van der Waals surface area contributed by atoms with E-state index in [0.29, 0.717) is 10.6 Å². The lowest BCUT2D eigenvalue weighted by Crippen LogP contribution is -2.21. The van der Waals surface area contributed by atoms with Crippen molar-refractivity contribution in [3.8, 4) is 5.75 Å². The van der Waals surface area contributed by atoms with Gasteiger partial charge in [-0.2, -0.15) is 0 Å². The molecule has 3 rings (SSSR count). The number of para-hydroxylation sites is 2. The normalized spacial score (nSPS) is 12.8. The van der Waals surface area contributed by atoms with E-state index in [4.69, 9.17) is 9.47 Å². The number of carbonyl (C=O) groups excluding carboxylic acids is 2. The number of carbonyl (C=O) groups is 2. The highest BCUT2D eigenvalue weighted by molar-refractivity contribution is 7.17. The minimum atomic E-state index is -0.570. The summed E-state index contributed by atoms with van der Waals surface area (Å²) in [5, 5.41) is 14.2. The quantitative estimate of drug-likeness (QED) is 0.428. The fraction of sp³-hybridized carbons (Fsp3) is 0.368. The number of aryl methyl sites for hydroxylation is 1. The number of benzene rings is 1. The molecule has 1 aliphatic rings. The second-order valence-corrected chi connectivity index (χ2v) is 7.30. The molecular weight excluding hydrogens is 384 g/mol. The summed E-state index contributed by atoms with van der Waals surface area (Å²) in [5.74, 6) is -0.933. The van der Waals surface area contributed by atoms with Gasteiger partial charge >= 0.3 is 11.7 Å². The summed E-state index contributed by atoms with van der Waals surface area (Å²) in [6.07, 6.45) is 3.69. The minimum Gasteiger partial charge on any atom is -0.477 e. The summed E-state index contributed by atoms with van der Waals surface area (Å²) in [4.78, 5) is 36.3. The predicted octanol–water partition coefficient (Wildman–Crippen LogP) is 3.73. The van der Waals surface area contributed by atoms with Crippen molar-refractivity contribution in [1.29, 1.82) is 0 Å². The van der Waals surface area contributed by atoms with Gasteiger partial charge in [-0.05, 0) is 44.2 Å². The zero-order valence-electron chi connectivity index (χ0n) is 15.4. The second kappa shape index (κ2) is 8.83. The molecular formula is C19H20N2O6S. The first-order valence-electron chi connectivity index (χ1n) is 8.99. The van der Waals surface area contributed by atoms with Crippen molar-refractivity contribution in [2.24, 2.45) is 0 Å². The Hall–Kier alpha value is -2.94. The number of anilines is 1. The minimum absolute atomic E-state index is 0.0127. The van der Waals surface area contributed by atoms with E-state index in [0.717, 1.165) is 36.1 Å². The molecule has 0 atom stereocenters. The summed E-state index contributed by atoms with van der Waals surface area (Å²) in [6, 6.07) is 5.85. The van der Waals surface area contributed by atoms with Crippen molar-refractivity contribution >= 4 is 33.9 Å². The van der Waals surface area contributed by atoms with Crippen LogP contribution in [0.5, 0.6) is 5.75 Å². The fourth-order valence-electron chi connectivity index (χ4n) is 3.11. The Morgan fingerprint density at radius 1 is 1.25 bits per heavy atom. The molecule has 0 aliphatic heterocycles. The summed E-state index contributed by atoms with van der Waals surface area (Å²) in [6.45, 7) is 1.57. The van der Waals surface area contributed by atoms with Crippen molar-refractivity contribution in [1.82, 2.24) is 0 Å². The van der Waals surface area contributed by atoms with Gasteiger partial charge in [-0.3, -0.25) is 14.9 Å². The van der Waals surface area contributed by atoms with Crippen molar-refractivity contribution in [2.75, 3.05) is 18.5 Å². The molecule has 2 aromatic rings. The van der Waals surface area contributed by atoms with E-state index in [9.17, 15) is 19.7 Å². The number of hydrogen-bond acceptors (Lipinski definition) is 7. The highest BCUT2D eigenvalue weighted by atomic mass is 32.1. The molecule has 0 spiro atoms. The number of fused-ring (bicyclic) bond motifs is 1. The van der Waals surface area contributed by atoms with Crippen LogP contribution in [0.25, 0.3) is 0 Å². The van der Waals surface area contributed by atoms with E-state index in [1.165, 1.54) is 29.5 Å². The molecule has 8 nitrogen and oxygen atoms in total. The van der Waals surface area contributed by atoms with Crippen molar-refractivity contribution < 1.29 is 24.0 Å². The Morgan fingerprint density at radius 2 is 2.00 bits per heavy atom. The van der Waals surface area contributed by atoms with Crippen LogP contribution >= 0.6 is 11.3 Å². The lowest BCUT2D eigenvalue weighted by molar-refractivity contribution is -0.385. The zero-order valence-corrected chi connectivity index (χ0v) is 16.2. The van der Waals surface area contributed by atoms with Crippen LogP contribution in [0.3, 0.4) is 0 Å². The van der Waals surface area contributed by atoms with Crippen LogP contribution in [-0.4, -0.2) is 30.0 Å².